The number of carbonyl (C=O) groups is 1. The summed E-state index contributed by atoms with van der Waals surface area (Å²) in [5, 5.41) is 7.07. The molecule has 2 bridgehead atoms. The first-order valence-corrected chi connectivity index (χ1v) is 14.4. The van der Waals surface area contributed by atoms with Gasteiger partial charge in [0.2, 0.25) is 0 Å². The Hall–Kier alpha value is -2.71. The summed E-state index contributed by atoms with van der Waals surface area (Å²) < 4.78 is 42.1. The molecular formula is C27H28F3N5OS2. The number of alkyl halides is 3. The minimum atomic E-state index is -4.48. The van der Waals surface area contributed by atoms with E-state index >= 15 is 0 Å². The summed E-state index contributed by atoms with van der Waals surface area (Å²) in [6.45, 7) is 4.22. The fourth-order valence-electron chi connectivity index (χ4n) is 6.94. The van der Waals surface area contributed by atoms with Crippen LogP contribution in [-0.4, -0.2) is 38.4 Å². The van der Waals surface area contributed by atoms with E-state index in [2.05, 4.69) is 39.4 Å². The van der Waals surface area contributed by atoms with Crippen LogP contribution in [0.5, 0.6) is 0 Å². The molecule has 3 saturated carbocycles. The SMILES string of the molecule is Cc1ncc(C(=O)NCC#Cc2cc3c(N[C@@H]4CC[C@@H]5CC6(C)C[C@H]4CC56)nccn3c2SC(F)(F)F)s1. The van der Waals surface area contributed by atoms with Crippen LogP contribution in [0.15, 0.2) is 29.7 Å². The van der Waals surface area contributed by atoms with Gasteiger partial charge in [0.05, 0.1) is 28.8 Å². The number of carbonyl (C=O) groups excluding carboxylic acids is 1. The lowest BCUT2D eigenvalue weighted by Gasteiger charge is -2.50. The van der Waals surface area contributed by atoms with Crippen molar-refractivity contribution in [2.75, 3.05) is 11.9 Å². The number of amides is 1. The molecule has 1 amide bonds. The smallest absolute Gasteiger partial charge is 0.365 e. The molecule has 6 nitrogen and oxygen atoms in total. The van der Waals surface area contributed by atoms with Gasteiger partial charge in [0.15, 0.2) is 5.82 Å². The van der Waals surface area contributed by atoms with Gasteiger partial charge >= 0.3 is 5.51 Å². The molecule has 6 rings (SSSR count). The number of thioether (sulfide) groups is 1. The standard InChI is InChI=1S/C27H28F3N5OS2/c1-15-33-14-22(37-15)24(36)32-7-3-4-16-11-21-23(31-8-9-35(21)25(16)38-27(28,29)30)34-20-6-5-17-12-26(2)13-18(20)10-19(17)26/h8-9,11,14,17-20H,5-7,10,12-13H2,1-2H3,(H,31,34)(H,32,36)/t17-,18-,19?,20-,26?/m1/s1. The topological polar surface area (TPSA) is 71.3 Å². The van der Waals surface area contributed by atoms with E-state index in [0.29, 0.717) is 27.5 Å². The van der Waals surface area contributed by atoms with E-state index in [9.17, 15) is 18.0 Å². The number of hydrogen-bond acceptors (Lipinski definition) is 6. The molecule has 3 aromatic heterocycles. The van der Waals surface area contributed by atoms with Gasteiger partial charge in [-0.3, -0.25) is 4.79 Å². The van der Waals surface area contributed by atoms with Gasteiger partial charge in [0, 0.05) is 30.2 Å². The van der Waals surface area contributed by atoms with Crippen LogP contribution in [0.4, 0.5) is 19.0 Å². The quantitative estimate of drug-likeness (QED) is 0.291. The maximum Gasteiger partial charge on any atom is 0.447 e. The highest BCUT2D eigenvalue weighted by atomic mass is 32.2. The van der Waals surface area contributed by atoms with Gasteiger partial charge in [-0.1, -0.05) is 18.8 Å². The van der Waals surface area contributed by atoms with Crippen molar-refractivity contribution in [3.8, 4) is 11.8 Å². The fourth-order valence-corrected chi connectivity index (χ4v) is 8.33. The summed E-state index contributed by atoms with van der Waals surface area (Å²) >= 11 is 1.08. The lowest BCUT2D eigenvalue weighted by molar-refractivity contribution is -0.0329. The highest BCUT2D eigenvalue weighted by molar-refractivity contribution is 8.00. The molecule has 200 valence electrons. The Morgan fingerprint density at radius 1 is 1.29 bits per heavy atom. The maximum absolute atomic E-state index is 13.5. The van der Waals surface area contributed by atoms with Crippen molar-refractivity contribution < 1.29 is 18.0 Å². The summed E-state index contributed by atoms with van der Waals surface area (Å²) in [5.41, 5.74) is -3.20. The van der Waals surface area contributed by atoms with Crippen LogP contribution in [-0.2, 0) is 0 Å². The average Bonchev–Trinajstić information content (AvgIpc) is 3.47. The lowest BCUT2D eigenvalue weighted by Crippen LogP contribution is -2.43. The second-order valence-corrected chi connectivity index (χ2v) is 13.2. The summed E-state index contributed by atoms with van der Waals surface area (Å²) in [4.78, 5) is 21.3. The molecule has 0 aliphatic heterocycles. The molecular weight excluding hydrogens is 531 g/mol. The van der Waals surface area contributed by atoms with Crippen LogP contribution in [0.25, 0.3) is 5.52 Å². The van der Waals surface area contributed by atoms with Crippen molar-refractivity contribution in [1.29, 1.82) is 0 Å². The van der Waals surface area contributed by atoms with E-state index in [1.807, 2.05) is 0 Å². The molecule has 11 heteroatoms. The highest BCUT2D eigenvalue weighted by Crippen LogP contribution is 2.66. The Kier molecular flexibility index (Phi) is 6.38. The van der Waals surface area contributed by atoms with Crippen molar-refractivity contribution >= 4 is 40.3 Å². The predicted octanol–water partition coefficient (Wildman–Crippen LogP) is 6.12. The molecule has 3 heterocycles. The molecule has 3 aliphatic carbocycles. The Balaban J connectivity index is 1.25. The number of aryl methyl sites for hydroxylation is 1. The van der Waals surface area contributed by atoms with Crippen molar-refractivity contribution in [2.45, 2.75) is 62.5 Å². The molecule has 0 saturated heterocycles. The zero-order valence-electron chi connectivity index (χ0n) is 21.1. The van der Waals surface area contributed by atoms with E-state index in [1.165, 1.54) is 53.8 Å². The Bertz CT molecular complexity index is 1450. The van der Waals surface area contributed by atoms with Gasteiger partial charge in [-0.05, 0) is 68.3 Å². The minimum absolute atomic E-state index is 0.00626. The zero-order chi connectivity index (χ0) is 26.7. The number of nitrogens with one attached hydrogen (secondary N) is 2. The van der Waals surface area contributed by atoms with E-state index < -0.39 is 5.51 Å². The number of fused-ring (bicyclic) bond motifs is 2. The van der Waals surface area contributed by atoms with Crippen molar-refractivity contribution in [2.24, 2.45) is 23.2 Å². The van der Waals surface area contributed by atoms with Crippen molar-refractivity contribution in [3.05, 3.63) is 40.1 Å². The summed E-state index contributed by atoms with van der Waals surface area (Å²) in [5.74, 6) is 8.12. The van der Waals surface area contributed by atoms with Crippen LogP contribution in [0.1, 0.15) is 59.3 Å². The van der Waals surface area contributed by atoms with Gasteiger partial charge in [0.1, 0.15) is 9.90 Å². The normalized spacial score (nSPS) is 27.8. The number of halogens is 3. The Morgan fingerprint density at radius 2 is 2.11 bits per heavy atom. The number of nitrogens with zero attached hydrogens (tertiary/aromatic N) is 3. The maximum atomic E-state index is 13.5. The molecule has 5 atom stereocenters. The van der Waals surface area contributed by atoms with Crippen LogP contribution in [0.3, 0.4) is 0 Å². The second-order valence-electron chi connectivity index (χ2n) is 10.9. The molecule has 2 N–H and O–H groups in total. The van der Waals surface area contributed by atoms with Crippen LogP contribution in [0.2, 0.25) is 0 Å². The molecule has 2 unspecified atom stereocenters. The second kappa shape index (κ2) is 9.49. The van der Waals surface area contributed by atoms with Gasteiger partial charge in [0.25, 0.3) is 5.91 Å². The number of aromatic nitrogens is 3. The van der Waals surface area contributed by atoms with E-state index in [1.54, 1.807) is 19.2 Å². The molecule has 0 spiro atoms. The predicted molar refractivity (Wildman–Crippen MR) is 142 cm³/mol. The van der Waals surface area contributed by atoms with Gasteiger partial charge in [-0.25, -0.2) is 9.97 Å². The highest BCUT2D eigenvalue weighted by Gasteiger charge is 2.58. The molecule has 0 radical (unpaired) electrons. The number of hydrogen-bond donors (Lipinski definition) is 2. The Labute approximate surface area is 227 Å². The minimum Gasteiger partial charge on any atom is -0.365 e. The van der Waals surface area contributed by atoms with Crippen molar-refractivity contribution in [1.82, 2.24) is 19.7 Å². The van der Waals surface area contributed by atoms with Crippen LogP contribution < -0.4 is 10.6 Å². The molecule has 3 aliphatic rings. The average molecular weight is 560 g/mol. The third-order valence-electron chi connectivity index (χ3n) is 8.49. The first kappa shape index (κ1) is 25.6. The van der Waals surface area contributed by atoms with Gasteiger partial charge in [-0.2, -0.15) is 13.2 Å². The molecule has 0 aromatic carbocycles. The van der Waals surface area contributed by atoms with Crippen LogP contribution >= 0.6 is 23.1 Å². The summed E-state index contributed by atoms with van der Waals surface area (Å²) in [6.07, 6.45) is 10.6. The lowest BCUT2D eigenvalue weighted by atomic mass is 9.55. The van der Waals surface area contributed by atoms with Gasteiger partial charge < -0.3 is 15.0 Å². The van der Waals surface area contributed by atoms with E-state index in [4.69, 9.17) is 0 Å². The monoisotopic (exact) mass is 559 g/mol. The third-order valence-corrected chi connectivity index (χ3v) is 10.2. The first-order valence-electron chi connectivity index (χ1n) is 12.8. The number of anilines is 1. The van der Waals surface area contributed by atoms with E-state index in [0.717, 1.165) is 23.3 Å². The zero-order valence-corrected chi connectivity index (χ0v) is 22.7. The largest absolute Gasteiger partial charge is 0.447 e. The summed E-state index contributed by atoms with van der Waals surface area (Å²) in [6, 6.07) is 1.93. The van der Waals surface area contributed by atoms with Crippen LogP contribution in [0, 0.1) is 41.9 Å². The molecule has 3 aromatic rings. The fraction of sp³-hybridized carbons (Fsp3) is 0.519. The molecule has 3 fully saturated rings. The van der Waals surface area contributed by atoms with E-state index in [-0.39, 0.29) is 40.8 Å². The molecule has 38 heavy (non-hydrogen) atoms. The number of thiazole rings is 1. The number of rotatable bonds is 5. The first-order chi connectivity index (χ1) is 18.1. The van der Waals surface area contributed by atoms with Gasteiger partial charge in [-0.15, -0.1) is 11.3 Å². The Morgan fingerprint density at radius 3 is 2.87 bits per heavy atom. The third kappa shape index (κ3) is 4.77. The van der Waals surface area contributed by atoms with Crippen molar-refractivity contribution in [3.63, 3.8) is 0 Å². The summed E-state index contributed by atoms with van der Waals surface area (Å²) in [7, 11) is 0.